The summed E-state index contributed by atoms with van der Waals surface area (Å²) in [4.78, 5) is 16.0. The Kier molecular flexibility index (Phi) is 4.54. The van der Waals surface area contributed by atoms with Crippen molar-refractivity contribution in [1.82, 2.24) is 15.1 Å². The van der Waals surface area contributed by atoms with Crippen LogP contribution in [0, 0.1) is 0 Å². The number of nitrogens with one attached hydrogen (secondary N) is 1. The second-order valence-electron chi connectivity index (χ2n) is 4.60. The fourth-order valence-corrected chi connectivity index (χ4v) is 2.01. The Hall–Kier alpha value is -0.610. The molecule has 1 aliphatic heterocycles. The molecule has 0 spiro atoms. The molecular weight excluding hydrogens is 190 g/mol. The number of hydrogen-bond acceptors (Lipinski definition) is 3. The molecule has 0 aromatic rings. The topological polar surface area (TPSA) is 35.6 Å². The summed E-state index contributed by atoms with van der Waals surface area (Å²) in [5.74, 6) is 0.267. The van der Waals surface area contributed by atoms with Crippen molar-refractivity contribution in [2.24, 2.45) is 0 Å². The maximum Gasteiger partial charge on any atom is 0.240 e. The second-order valence-corrected chi connectivity index (χ2v) is 4.60. The van der Waals surface area contributed by atoms with E-state index in [0.717, 1.165) is 25.9 Å². The zero-order valence-corrected chi connectivity index (χ0v) is 10.3. The first-order chi connectivity index (χ1) is 7.06. The van der Waals surface area contributed by atoms with E-state index in [1.165, 1.54) is 0 Å². The summed E-state index contributed by atoms with van der Waals surface area (Å²) in [5, 5.41) is 3.06. The molecule has 0 aliphatic carbocycles. The van der Waals surface area contributed by atoms with Crippen molar-refractivity contribution in [3.8, 4) is 0 Å². The lowest BCUT2D eigenvalue weighted by Gasteiger charge is -2.26. The van der Waals surface area contributed by atoms with E-state index in [9.17, 15) is 4.79 Å². The average Bonchev–Trinajstić information content (AvgIpc) is 2.56. The maximum atomic E-state index is 11.9. The number of hydrogen-bond donors (Lipinski definition) is 1. The van der Waals surface area contributed by atoms with Crippen LogP contribution in [0.2, 0.25) is 0 Å². The van der Waals surface area contributed by atoms with Crippen LogP contribution in [0.15, 0.2) is 0 Å². The van der Waals surface area contributed by atoms with Crippen molar-refractivity contribution in [3.63, 3.8) is 0 Å². The Morgan fingerprint density at radius 1 is 1.60 bits per heavy atom. The van der Waals surface area contributed by atoms with E-state index in [0.29, 0.717) is 6.04 Å². The van der Waals surface area contributed by atoms with Crippen molar-refractivity contribution in [2.75, 3.05) is 34.2 Å². The molecule has 0 aromatic carbocycles. The molecule has 1 amide bonds. The van der Waals surface area contributed by atoms with Crippen molar-refractivity contribution in [2.45, 2.75) is 31.8 Å². The summed E-state index contributed by atoms with van der Waals surface area (Å²) in [6, 6.07) is 0.407. The van der Waals surface area contributed by atoms with Crippen LogP contribution in [0.3, 0.4) is 0 Å². The van der Waals surface area contributed by atoms with Crippen molar-refractivity contribution in [3.05, 3.63) is 0 Å². The Balaban J connectivity index is 2.40. The Morgan fingerprint density at radius 2 is 2.27 bits per heavy atom. The zero-order chi connectivity index (χ0) is 11.4. The molecule has 0 saturated carbocycles. The molecule has 0 radical (unpaired) electrons. The molecule has 1 saturated heterocycles. The van der Waals surface area contributed by atoms with E-state index < -0.39 is 0 Å². The van der Waals surface area contributed by atoms with Gasteiger partial charge in [-0.1, -0.05) is 0 Å². The van der Waals surface area contributed by atoms with Gasteiger partial charge in [-0.25, -0.2) is 0 Å². The lowest BCUT2D eigenvalue weighted by atomic mass is 10.2. The van der Waals surface area contributed by atoms with Gasteiger partial charge < -0.3 is 15.1 Å². The lowest BCUT2D eigenvalue weighted by Crippen LogP contribution is -2.41. The minimum Gasteiger partial charge on any atom is -0.339 e. The molecule has 0 bridgehead atoms. The summed E-state index contributed by atoms with van der Waals surface area (Å²) < 4.78 is 0. The number of carbonyl (C=O) groups excluding carboxylic acids is 1. The van der Waals surface area contributed by atoms with Gasteiger partial charge in [0.15, 0.2) is 0 Å². The summed E-state index contributed by atoms with van der Waals surface area (Å²) in [6.07, 6.45) is 2.00. The highest BCUT2D eigenvalue weighted by molar-refractivity contribution is 5.84. The van der Waals surface area contributed by atoms with Crippen LogP contribution in [-0.2, 0) is 4.79 Å². The number of rotatable bonds is 5. The first kappa shape index (κ1) is 12.5. The van der Waals surface area contributed by atoms with Gasteiger partial charge in [0.05, 0.1) is 6.04 Å². The Bertz CT molecular complexity index is 218. The molecule has 1 rings (SSSR count). The zero-order valence-electron chi connectivity index (χ0n) is 10.3. The maximum absolute atomic E-state index is 11.9. The van der Waals surface area contributed by atoms with Gasteiger partial charge in [0, 0.05) is 12.6 Å². The van der Waals surface area contributed by atoms with E-state index in [1.807, 2.05) is 11.9 Å². The van der Waals surface area contributed by atoms with Gasteiger partial charge >= 0.3 is 0 Å². The fraction of sp³-hybridized carbons (Fsp3) is 0.909. The molecule has 1 heterocycles. The standard InChI is InChI=1S/C11H23N3O/c1-9(5-7-13(3)4)14-8-6-10(12-2)11(14)15/h9-10,12H,5-8H2,1-4H3. The predicted molar refractivity (Wildman–Crippen MR) is 61.8 cm³/mol. The van der Waals surface area contributed by atoms with Crippen molar-refractivity contribution >= 4 is 5.91 Å². The summed E-state index contributed by atoms with van der Waals surface area (Å²) in [6.45, 7) is 4.08. The van der Waals surface area contributed by atoms with Crippen LogP contribution in [-0.4, -0.2) is 62.0 Å². The molecule has 1 N–H and O–H groups in total. The third kappa shape index (κ3) is 3.18. The Labute approximate surface area is 92.6 Å². The minimum absolute atomic E-state index is 0.0480. The van der Waals surface area contributed by atoms with Crippen LogP contribution in [0.4, 0.5) is 0 Å². The second kappa shape index (κ2) is 5.47. The van der Waals surface area contributed by atoms with Crippen LogP contribution in [0.1, 0.15) is 19.8 Å². The first-order valence-corrected chi connectivity index (χ1v) is 5.68. The van der Waals surface area contributed by atoms with Crippen LogP contribution >= 0.6 is 0 Å². The van der Waals surface area contributed by atoms with Crippen LogP contribution < -0.4 is 5.32 Å². The van der Waals surface area contributed by atoms with Crippen molar-refractivity contribution in [1.29, 1.82) is 0 Å². The molecule has 4 heteroatoms. The van der Waals surface area contributed by atoms with E-state index in [-0.39, 0.29) is 11.9 Å². The third-order valence-corrected chi connectivity index (χ3v) is 3.11. The molecule has 2 unspecified atom stereocenters. The molecular formula is C11H23N3O. The third-order valence-electron chi connectivity index (χ3n) is 3.11. The number of nitrogens with zero attached hydrogens (tertiary/aromatic N) is 2. The highest BCUT2D eigenvalue weighted by atomic mass is 16.2. The van der Waals surface area contributed by atoms with Crippen molar-refractivity contribution < 1.29 is 4.79 Å². The molecule has 1 fully saturated rings. The molecule has 1 aliphatic rings. The number of amides is 1. The number of likely N-dealkylation sites (N-methyl/N-ethyl adjacent to an activating group) is 1. The van der Waals surface area contributed by atoms with Gasteiger partial charge in [-0.05, 0) is 47.5 Å². The quantitative estimate of drug-likeness (QED) is 0.706. The average molecular weight is 213 g/mol. The molecule has 88 valence electrons. The van der Waals surface area contributed by atoms with Gasteiger partial charge in [0.25, 0.3) is 0 Å². The van der Waals surface area contributed by atoms with Crippen LogP contribution in [0.25, 0.3) is 0 Å². The van der Waals surface area contributed by atoms with Gasteiger partial charge in [-0.15, -0.1) is 0 Å². The number of carbonyl (C=O) groups is 1. The highest BCUT2D eigenvalue weighted by Gasteiger charge is 2.32. The summed E-state index contributed by atoms with van der Waals surface area (Å²) in [5.41, 5.74) is 0. The molecule has 0 aromatic heterocycles. The van der Waals surface area contributed by atoms with Gasteiger partial charge in [0.1, 0.15) is 0 Å². The monoisotopic (exact) mass is 213 g/mol. The number of likely N-dealkylation sites (tertiary alicyclic amines) is 1. The van der Waals surface area contributed by atoms with E-state index in [2.05, 4.69) is 31.2 Å². The molecule has 2 atom stereocenters. The minimum atomic E-state index is 0.0480. The van der Waals surface area contributed by atoms with Gasteiger partial charge in [-0.2, -0.15) is 0 Å². The first-order valence-electron chi connectivity index (χ1n) is 5.68. The van der Waals surface area contributed by atoms with E-state index in [4.69, 9.17) is 0 Å². The summed E-state index contributed by atoms with van der Waals surface area (Å²) in [7, 11) is 5.99. The molecule has 15 heavy (non-hydrogen) atoms. The smallest absolute Gasteiger partial charge is 0.240 e. The lowest BCUT2D eigenvalue weighted by molar-refractivity contribution is -0.131. The largest absolute Gasteiger partial charge is 0.339 e. The highest BCUT2D eigenvalue weighted by Crippen LogP contribution is 2.16. The van der Waals surface area contributed by atoms with E-state index >= 15 is 0 Å². The van der Waals surface area contributed by atoms with Gasteiger partial charge in [-0.3, -0.25) is 4.79 Å². The summed E-state index contributed by atoms with van der Waals surface area (Å²) >= 11 is 0. The van der Waals surface area contributed by atoms with E-state index in [1.54, 1.807) is 0 Å². The Morgan fingerprint density at radius 3 is 2.73 bits per heavy atom. The van der Waals surface area contributed by atoms with Crippen LogP contribution in [0.5, 0.6) is 0 Å². The SMILES string of the molecule is CNC1CCN(C(C)CCN(C)C)C1=O. The van der Waals surface area contributed by atoms with Gasteiger partial charge in [0.2, 0.25) is 5.91 Å². The predicted octanol–water partition coefficient (Wildman–Crippen LogP) is 0.147. The molecule has 4 nitrogen and oxygen atoms in total. The fourth-order valence-electron chi connectivity index (χ4n) is 2.01. The normalized spacial score (nSPS) is 23.9.